The molecule has 0 saturated carbocycles. The number of benzene rings is 1. The van der Waals surface area contributed by atoms with Crippen molar-refractivity contribution in [2.45, 2.75) is 12.5 Å². The summed E-state index contributed by atoms with van der Waals surface area (Å²) in [6.07, 6.45) is 5.16. The van der Waals surface area contributed by atoms with Crippen LogP contribution in [0.2, 0.25) is 0 Å². The minimum atomic E-state index is -0.513. The van der Waals surface area contributed by atoms with E-state index in [9.17, 15) is 9.90 Å². The number of aliphatic hydroxyl groups is 1. The van der Waals surface area contributed by atoms with E-state index >= 15 is 0 Å². The van der Waals surface area contributed by atoms with Crippen LogP contribution in [0.3, 0.4) is 0 Å². The van der Waals surface area contributed by atoms with E-state index in [-0.39, 0.29) is 11.8 Å². The molecule has 1 amide bonds. The van der Waals surface area contributed by atoms with Gasteiger partial charge in [-0.05, 0) is 36.2 Å². The number of nitrogens with one attached hydrogen (secondary N) is 1. The van der Waals surface area contributed by atoms with E-state index in [0.29, 0.717) is 24.5 Å². The number of aliphatic hydroxyl groups excluding tert-OH is 1. The zero-order valence-corrected chi connectivity index (χ0v) is 14.1. The number of pyridine rings is 1. The topological polar surface area (TPSA) is 95.0 Å². The van der Waals surface area contributed by atoms with Gasteiger partial charge in [-0.3, -0.25) is 14.9 Å². The van der Waals surface area contributed by atoms with Crippen molar-refractivity contribution in [3.8, 4) is 11.4 Å². The Hall–Kier alpha value is -3.06. The molecule has 0 radical (unpaired) electrons. The lowest BCUT2D eigenvalue weighted by Gasteiger charge is -2.16. The molecule has 0 aliphatic carbocycles. The molecule has 3 aromatic rings. The smallest absolute Gasteiger partial charge is 0.253 e. The third kappa shape index (κ3) is 3.34. The molecule has 1 aliphatic rings. The Balaban J connectivity index is 1.43. The maximum Gasteiger partial charge on any atom is 0.253 e. The first-order valence-corrected chi connectivity index (χ1v) is 8.53. The molecule has 0 unspecified atom stereocenters. The number of nitrogens with zero attached hydrogens (tertiary/aromatic N) is 4. The molecular formula is C19H19N5O2. The molecule has 1 saturated heterocycles. The summed E-state index contributed by atoms with van der Waals surface area (Å²) in [5.41, 5.74) is 2.59. The lowest BCUT2D eigenvalue weighted by Crippen LogP contribution is -2.29. The number of rotatable bonds is 4. The molecule has 3 heterocycles. The predicted octanol–water partition coefficient (Wildman–Crippen LogP) is 1.54. The summed E-state index contributed by atoms with van der Waals surface area (Å²) in [6, 6.07) is 11.1. The van der Waals surface area contributed by atoms with Gasteiger partial charge in [-0.1, -0.05) is 12.1 Å². The zero-order chi connectivity index (χ0) is 17.9. The molecule has 132 valence electrons. The average molecular weight is 349 g/mol. The largest absolute Gasteiger partial charge is 0.391 e. The van der Waals surface area contributed by atoms with E-state index in [1.54, 1.807) is 29.4 Å². The Labute approximate surface area is 150 Å². The van der Waals surface area contributed by atoms with Crippen molar-refractivity contribution in [3.63, 3.8) is 0 Å². The molecule has 7 nitrogen and oxygen atoms in total. The van der Waals surface area contributed by atoms with Crippen molar-refractivity contribution in [3.05, 3.63) is 66.2 Å². The van der Waals surface area contributed by atoms with Gasteiger partial charge in [0.2, 0.25) is 0 Å². The summed E-state index contributed by atoms with van der Waals surface area (Å²) < 4.78 is 0. The van der Waals surface area contributed by atoms with E-state index in [2.05, 4.69) is 20.2 Å². The lowest BCUT2D eigenvalue weighted by molar-refractivity contribution is 0.0764. The van der Waals surface area contributed by atoms with Crippen LogP contribution in [0.1, 0.15) is 15.9 Å². The standard InChI is InChI=1S/C19H19N5O2/c25-17-11-24(10-16(17)9-13-5-7-20-8-6-13)19(26)15-3-1-14(2-4-15)18-21-12-22-23-18/h1-8,12,16-17,25H,9-11H2,(H,21,22,23)/t16-,17-/m1/s1. The van der Waals surface area contributed by atoms with Gasteiger partial charge in [0.15, 0.2) is 5.82 Å². The fourth-order valence-corrected chi connectivity index (χ4v) is 3.34. The number of likely N-dealkylation sites (tertiary alicyclic amines) is 1. The Kier molecular flexibility index (Phi) is 4.45. The predicted molar refractivity (Wildman–Crippen MR) is 95.2 cm³/mol. The molecule has 2 aromatic heterocycles. The van der Waals surface area contributed by atoms with E-state index in [1.807, 2.05) is 24.3 Å². The second kappa shape index (κ2) is 7.05. The average Bonchev–Trinajstić information content (AvgIpc) is 3.33. The summed E-state index contributed by atoms with van der Waals surface area (Å²) in [4.78, 5) is 22.6. The molecule has 2 atom stereocenters. The van der Waals surface area contributed by atoms with Gasteiger partial charge < -0.3 is 10.0 Å². The summed E-state index contributed by atoms with van der Waals surface area (Å²) in [6.45, 7) is 0.907. The third-order valence-electron chi connectivity index (χ3n) is 4.76. The van der Waals surface area contributed by atoms with E-state index < -0.39 is 6.10 Å². The minimum Gasteiger partial charge on any atom is -0.391 e. The van der Waals surface area contributed by atoms with Crippen LogP contribution in [-0.2, 0) is 6.42 Å². The first kappa shape index (κ1) is 16.4. The van der Waals surface area contributed by atoms with Crippen molar-refractivity contribution < 1.29 is 9.90 Å². The molecule has 2 N–H and O–H groups in total. The molecule has 26 heavy (non-hydrogen) atoms. The highest BCUT2D eigenvalue weighted by Crippen LogP contribution is 2.24. The number of amides is 1. The second-order valence-electron chi connectivity index (χ2n) is 6.51. The van der Waals surface area contributed by atoms with Crippen LogP contribution >= 0.6 is 0 Å². The van der Waals surface area contributed by atoms with E-state index in [4.69, 9.17) is 0 Å². The number of aromatic amines is 1. The molecule has 1 aromatic carbocycles. The van der Waals surface area contributed by atoms with Crippen LogP contribution < -0.4 is 0 Å². The maximum absolute atomic E-state index is 12.8. The number of carbonyl (C=O) groups is 1. The van der Waals surface area contributed by atoms with Crippen molar-refractivity contribution in [2.24, 2.45) is 5.92 Å². The minimum absolute atomic E-state index is 0.0369. The monoisotopic (exact) mass is 349 g/mol. The van der Waals surface area contributed by atoms with E-state index in [1.165, 1.54) is 6.33 Å². The van der Waals surface area contributed by atoms with Crippen LogP contribution in [-0.4, -0.2) is 55.3 Å². The summed E-state index contributed by atoms with van der Waals surface area (Å²) in [7, 11) is 0. The number of H-pyrrole nitrogens is 1. The van der Waals surface area contributed by atoms with Gasteiger partial charge in [0.05, 0.1) is 6.10 Å². The Morgan fingerprint density at radius 3 is 2.62 bits per heavy atom. The lowest BCUT2D eigenvalue weighted by atomic mass is 9.97. The van der Waals surface area contributed by atoms with Crippen molar-refractivity contribution in [1.29, 1.82) is 0 Å². The highest BCUT2D eigenvalue weighted by Gasteiger charge is 2.34. The van der Waals surface area contributed by atoms with Crippen LogP contribution in [0.5, 0.6) is 0 Å². The molecule has 1 fully saturated rings. The number of β-amino-alcohol motifs (C(OH)–C–C–N with tert-alkyl or cyclic N) is 1. The number of hydrogen-bond donors (Lipinski definition) is 2. The zero-order valence-electron chi connectivity index (χ0n) is 14.1. The van der Waals surface area contributed by atoms with Crippen LogP contribution in [0.15, 0.2) is 55.1 Å². The SMILES string of the molecule is O=C(c1ccc(-c2ncn[nH]2)cc1)N1C[C@@H](Cc2ccncc2)[C@H](O)C1. The second-order valence-corrected chi connectivity index (χ2v) is 6.51. The highest BCUT2D eigenvalue weighted by atomic mass is 16.3. The first-order valence-electron chi connectivity index (χ1n) is 8.53. The summed E-state index contributed by atoms with van der Waals surface area (Å²) >= 11 is 0. The van der Waals surface area contributed by atoms with Crippen LogP contribution in [0, 0.1) is 5.92 Å². The van der Waals surface area contributed by atoms with Gasteiger partial charge >= 0.3 is 0 Å². The molecular weight excluding hydrogens is 330 g/mol. The number of carbonyl (C=O) groups excluding carboxylic acids is 1. The number of hydrogen-bond acceptors (Lipinski definition) is 5. The van der Waals surface area contributed by atoms with Gasteiger partial charge in [-0.25, -0.2) is 4.98 Å². The Morgan fingerprint density at radius 1 is 1.15 bits per heavy atom. The molecule has 4 rings (SSSR count). The molecule has 0 bridgehead atoms. The Morgan fingerprint density at radius 2 is 1.92 bits per heavy atom. The Bertz CT molecular complexity index is 865. The molecule has 7 heteroatoms. The molecule has 1 aliphatic heterocycles. The molecule has 0 spiro atoms. The normalized spacial score (nSPS) is 19.7. The first-order chi connectivity index (χ1) is 12.7. The maximum atomic E-state index is 12.8. The van der Waals surface area contributed by atoms with Crippen molar-refractivity contribution >= 4 is 5.91 Å². The van der Waals surface area contributed by atoms with Crippen LogP contribution in [0.25, 0.3) is 11.4 Å². The quantitative estimate of drug-likeness (QED) is 0.745. The third-order valence-corrected chi connectivity index (χ3v) is 4.76. The van der Waals surface area contributed by atoms with Crippen molar-refractivity contribution in [1.82, 2.24) is 25.1 Å². The van der Waals surface area contributed by atoms with Crippen molar-refractivity contribution in [2.75, 3.05) is 13.1 Å². The summed E-state index contributed by atoms with van der Waals surface area (Å²) in [5.74, 6) is 0.637. The fourth-order valence-electron chi connectivity index (χ4n) is 3.34. The van der Waals surface area contributed by atoms with Gasteiger partial charge in [-0.15, -0.1) is 0 Å². The van der Waals surface area contributed by atoms with Gasteiger partial charge in [0.1, 0.15) is 6.33 Å². The number of aromatic nitrogens is 4. The van der Waals surface area contributed by atoms with E-state index in [0.717, 1.165) is 17.5 Å². The van der Waals surface area contributed by atoms with Gasteiger partial charge in [-0.2, -0.15) is 5.10 Å². The highest BCUT2D eigenvalue weighted by molar-refractivity contribution is 5.94. The van der Waals surface area contributed by atoms with Crippen LogP contribution in [0.4, 0.5) is 0 Å². The van der Waals surface area contributed by atoms with Gasteiger partial charge in [0.25, 0.3) is 5.91 Å². The fraction of sp³-hybridized carbons (Fsp3) is 0.263. The van der Waals surface area contributed by atoms with Gasteiger partial charge in [0, 0.05) is 42.5 Å². The summed E-state index contributed by atoms with van der Waals surface area (Å²) in [5, 5.41) is 17.0.